The van der Waals surface area contributed by atoms with E-state index in [0.29, 0.717) is 0 Å². The second-order valence-corrected chi connectivity index (χ2v) is 11.0. The quantitative estimate of drug-likeness (QED) is 0.260. The van der Waals surface area contributed by atoms with Gasteiger partial charge in [-0.3, -0.25) is 23.7 Å². The largest absolute Gasteiger partial charge is 0.463 e. The highest BCUT2D eigenvalue weighted by Gasteiger charge is 2.46. The van der Waals surface area contributed by atoms with Crippen LogP contribution in [0.2, 0.25) is 0 Å². The van der Waals surface area contributed by atoms with Gasteiger partial charge in [0, 0.05) is 11.8 Å². The molecule has 1 aromatic carbocycles. The average molecular weight is 547 g/mol. The number of hydrogen-bond acceptors (Lipinski definition) is 9. The summed E-state index contributed by atoms with van der Waals surface area (Å²) in [7, 11) is -4.49. The van der Waals surface area contributed by atoms with Crippen molar-refractivity contribution in [3.63, 3.8) is 0 Å². The molecular weight excluding hydrogens is 514 g/mol. The van der Waals surface area contributed by atoms with Crippen molar-refractivity contribution in [2.24, 2.45) is 5.92 Å². The number of esters is 1. The number of aromatic amines is 1. The van der Waals surface area contributed by atoms with Gasteiger partial charge in [-0.2, -0.15) is 0 Å². The number of nitrogens with one attached hydrogen (secondary N) is 1. The Bertz CT molecular complexity index is 1310. The molecule has 2 aromatic rings. The minimum atomic E-state index is -4.49. The first-order valence-electron chi connectivity index (χ1n) is 12.2. The fraction of sp³-hybridized carbons (Fsp3) is 0.522. The first-order chi connectivity index (χ1) is 17.6. The Kier molecular flexibility index (Phi) is 8.28. The van der Waals surface area contributed by atoms with Gasteiger partial charge in [-0.25, -0.2) is 8.96 Å². The number of aromatic nitrogens is 2. The summed E-state index contributed by atoms with van der Waals surface area (Å²) in [4.78, 5) is 26.5. The van der Waals surface area contributed by atoms with Crippen LogP contribution in [0.15, 0.2) is 41.3 Å². The molecule has 1 saturated heterocycles. The van der Waals surface area contributed by atoms with Crippen LogP contribution < -0.4 is 10.1 Å². The summed E-state index contributed by atoms with van der Waals surface area (Å²) in [6.45, 7) is 3.08. The van der Waals surface area contributed by atoms with Crippen molar-refractivity contribution in [3.05, 3.63) is 57.2 Å². The number of benzene rings is 1. The minimum absolute atomic E-state index is 0.0696. The van der Waals surface area contributed by atoms with Gasteiger partial charge in [0.2, 0.25) is 0 Å². The van der Waals surface area contributed by atoms with Gasteiger partial charge in [0.1, 0.15) is 18.0 Å². The van der Waals surface area contributed by atoms with Crippen molar-refractivity contribution < 1.29 is 40.1 Å². The summed E-state index contributed by atoms with van der Waals surface area (Å²) in [6, 6.07) is 7.76. The molecule has 13 heteroatoms. The van der Waals surface area contributed by atoms with Crippen LogP contribution in [0.1, 0.15) is 35.3 Å². The number of rotatable bonds is 10. The predicted octanol–water partition coefficient (Wildman–Crippen LogP) is 3.69. The number of halogens is 1. The molecule has 0 saturated carbocycles. The van der Waals surface area contributed by atoms with E-state index < -0.39 is 68.5 Å². The molecule has 10 nitrogen and oxygen atoms in total. The number of hydrogen-bond donors (Lipinski definition) is 2. The number of aryl methyl sites for hydroxylation is 1. The van der Waals surface area contributed by atoms with Crippen LogP contribution >= 0.6 is 19.8 Å². The molecule has 0 spiro atoms. The average Bonchev–Trinajstić information content (AvgIpc) is 3.11. The summed E-state index contributed by atoms with van der Waals surface area (Å²) in [6.07, 6.45) is -7.68. The number of aliphatic hydroxyl groups excluding tert-OH is 1. The zero-order valence-corrected chi connectivity index (χ0v) is 21.8. The first kappa shape index (κ1) is 25.3. The normalized spacial score (nSPS) is 25.5. The van der Waals surface area contributed by atoms with Crippen LogP contribution in [0.4, 0.5) is 4.39 Å². The van der Waals surface area contributed by atoms with Crippen molar-refractivity contribution in [1.29, 1.82) is 0 Å². The van der Waals surface area contributed by atoms with Crippen LogP contribution in [-0.4, -0.2) is 57.8 Å². The van der Waals surface area contributed by atoms with E-state index in [-0.39, 0.29) is 16.1 Å². The van der Waals surface area contributed by atoms with Crippen LogP contribution in [0.5, 0.6) is 5.75 Å². The van der Waals surface area contributed by atoms with E-state index in [1.54, 1.807) is 32.0 Å². The lowest BCUT2D eigenvalue weighted by molar-refractivity contribution is -0.151. The SMILES string of the molecule is [2H]C([2H])(O[P@](=O)(C[C@@H](C)C(=O)OC(C)C)Oc1ccccc1)[C@@H]1O[C@H](n2cc(C)c(=O)[nH]c2=S)[C@H](F)C1O. The maximum atomic E-state index is 15.2. The van der Waals surface area contributed by atoms with Crippen molar-refractivity contribution in [2.75, 3.05) is 12.7 Å². The Hall–Kier alpha value is -2.37. The molecule has 36 heavy (non-hydrogen) atoms. The standard InChI is InChI=1S/C23H30FN2O8PS/c1-13(2)32-22(29)15(4)12-35(30,34-16-8-6-5-7-9-16)31-11-17-19(27)18(24)21(33-17)26-10-14(3)20(28)25-23(26)36/h5-10,13,15,17-19,21,27H,11-12H2,1-4H3,(H,25,28,36)/t15-,17+,18-,19?,21+,35-/m1/s1/i11D2. The molecule has 3 rings (SSSR count). The molecule has 0 radical (unpaired) electrons. The van der Waals surface area contributed by atoms with E-state index in [2.05, 4.69) is 4.98 Å². The second kappa shape index (κ2) is 11.8. The Balaban J connectivity index is 1.90. The van der Waals surface area contributed by atoms with Gasteiger partial charge in [0.25, 0.3) is 5.56 Å². The molecule has 0 bridgehead atoms. The second-order valence-electron chi connectivity index (χ2n) is 8.65. The minimum Gasteiger partial charge on any atom is -0.463 e. The van der Waals surface area contributed by atoms with E-state index in [1.807, 2.05) is 0 Å². The van der Waals surface area contributed by atoms with Crippen molar-refractivity contribution >= 4 is 25.8 Å². The van der Waals surface area contributed by atoms with Gasteiger partial charge in [-0.1, -0.05) is 25.1 Å². The van der Waals surface area contributed by atoms with Gasteiger partial charge < -0.3 is 19.1 Å². The molecule has 1 aromatic heterocycles. The van der Waals surface area contributed by atoms with E-state index in [0.717, 1.165) is 4.57 Å². The lowest BCUT2D eigenvalue weighted by atomic mass is 10.1. The highest BCUT2D eigenvalue weighted by atomic mass is 32.1. The fourth-order valence-corrected chi connectivity index (χ4v) is 5.32. The number of nitrogens with zero attached hydrogens (tertiary/aromatic N) is 1. The van der Waals surface area contributed by atoms with Crippen molar-refractivity contribution in [1.82, 2.24) is 9.55 Å². The zero-order chi connectivity index (χ0) is 28.4. The summed E-state index contributed by atoms with van der Waals surface area (Å²) in [5.74, 6) is -1.66. The third-order valence-electron chi connectivity index (χ3n) is 5.16. The molecule has 198 valence electrons. The number of aliphatic hydroxyl groups is 1. The highest BCUT2D eigenvalue weighted by molar-refractivity contribution is 7.71. The molecule has 2 heterocycles. The van der Waals surface area contributed by atoms with E-state index >= 15 is 4.39 Å². The Labute approximate surface area is 215 Å². The van der Waals surface area contributed by atoms with Gasteiger partial charge in [-0.15, -0.1) is 0 Å². The lowest BCUT2D eigenvalue weighted by Crippen LogP contribution is -2.32. The molecule has 1 aliphatic rings. The van der Waals surface area contributed by atoms with Gasteiger partial charge >= 0.3 is 13.6 Å². The Morgan fingerprint density at radius 3 is 2.67 bits per heavy atom. The Morgan fingerprint density at radius 1 is 1.36 bits per heavy atom. The summed E-state index contributed by atoms with van der Waals surface area (Å²) in [5.41, 5.74) is -0.325. The van der Waals surface area contributed by atoms with E-state index in [4.69, 9.17) is 33.5 Å². The number of H-pyrrole nitrogens is 1. The van der Waals surface area contributed by atoms with Gasteiger partial charge in [-0.05, 0) is 45.1 Å². The third kappa shape index (κ3) is 6.89. The van der Waals surface area contributed by atoms with E-state index in [9.17, 15) is 19.3 Å². The zero-order valence-electron chi connectivity index (χ0n) is 22.1. The topological polar surface area (TPSA) is 129 Å². The highest BCUT2D eigenvalue weighted by Crippen LogP contribution is 2.50. The van der Waals surface area contributed by atoms with Crippen molar-refractivity contribution in [3.8, 4) is 5.75 Å². The summed E-state index contributed by atoms with van der Waals surface area (Å²) < 4.78 is 68.2. The number of carbonyl (C=O) groups is 1. The first-order valence-corrected chi connectivity index (χ1v) is 13.3. The third-order valence-corrected chi connectivity index (χ3v) is 7.34. The van der Waals surface area contributed by atoms with Gasteiger partial charge in [0.15, 0.2) is 17.2 Å². The van der Waals surface area contributed by atoms with Crippen LogP contribution in [0.25, 0.3) is 0 Å². The number of carbonyl (C=O) groups excluding carboxylic acids is 1. The Morgan fingerprint density at radius 2 is 2.03 bits per heavy atom. The number of para-hydroxylation sites is 1. The predicted molar refractivity (Wildman–Crippen MR) is 131 cm³/mol. The summed E-state index contributed by atoms with van der Waals surface area (Å²) >= 11 is 5.07. The number of ether oxygens (including phenoxy) is 2. The smallest absolute Gasteiger partial charge is 0.380 e. The van der Waals surface area contributed by atoms with Crippen LogP contribution in [0, 0.1) is 17.6 Å². The fourth-order valence-electron chi connectivity index (χ4n) is 3.36. The molecular formula is C23H30FN2O8PS. The van der Waals surface area contributed by atoms with Crippen LogP contribution in [0.3, 0.4) is 0 Å². The molecule has 0 aliphatic carbocycles. The molecule has 1 fully saturated rings. The maximum Gasteiger partial charge on any atom is 0.380 e. The molecule has 1 aliphatic heterocycles. The van der Waals surface area contributed by atoms with Crippen LogP contribution in [-0.2, 0) is 23.4 Å². The lowest BCUT2D eigenvalue weighted by Gasteiger charge is -2.24. The molecule has 1 unspecified atom stereocenters. The monoisotopic (exact) mass is 546 g/mol. The van der Waals surface area contributed by atoms with Gasteiger partial charge in [0.05, 0.1) is 27.5 Å². The molecule has 6 atom stereocenters. The molecule has 2 N–H and O–H groups in total. The van der Waals surface area contributed by atoms with Crippen molar-refractivity contribution in [2.45, 2.75) is 58.4 Å². The van der Waals surface area contributed by atoms with E-state index in [1.165, 1.54) is 32.2 Å². The molecule has 0 amide bonds. The maximum absolute atomic E-state index is 15.2. The number of alkyl halides is 1. The summed E-state index contributed by atoms with van der Waals surface area (Å²) in [5, 5.41) is 10.6.